The van der Waals surface area contributed by atoms with E-state index in [2.05, 4.69) is 11.0 Å². The third-order valence-electron chi connectivity index (χ3n) is 4.64. The van der Waals surface area contributed by atoms with Gasteiger partial charge in [-0.1, -0.05) is 6.07 Å². The molecule has 140 valence electrons. The van der Waals surface area contributed by atoms with Crippen molar-refractivity contribution in [2.24, 2.45) is 0 Å². The summed E-state index contributed by atoms with van der Waals surface area (Å²) in [5, 5.41) is 8.80. The Kier molecular flexibility index (Phi) is 6.29. The minimum absolute atomic E-state index is 0.0439. The molecule has 0 unspecified atom stereocenters. The fraction of sp³-hybridized carbons (Fsp3) is 0.333. The first-order valence-electron chi connectivity index (χ1n) is 8.98. The topological polar surface area (TPSA) is 65.8 Å². The van der Waals surface area contributed by atoms with Crippen LogP contribution in [0.4, 0.5) is 0 Å². The molecule has 0 aliphatic carbocycles. The van der Waals surface area contributed by atoms with Crippen molar-refractivity contribution in [1.82, 2.24) is 9.80 Å². The number of carbonyl (C=O) groups excluding carboxylic acids is 1. The number of nitriles is 1. The number of methoxy groups -OCH3 is 1. The van der Waals surface area contributed by atoms with Gasteiger partial charge < -0.3 is 14.4 Å². The summed E-state index contributed by atoms with van der Waals surface area (Å²) >= 11 is 0. The molecule has 0 saturated carbocycles. The lowest BCUT2D eigenvalue weighted by atomic mass is 10.1. The number of nitrogens with zero attached hydrogens (tertiary/aromatic N) is 3. The maximum Gasteiger partial charge on any atom is 0.254 e. The fourth-order valence-corrected chi connectivity index (χ4v) is 3.03. The Morgan fingerprint density at radius 3 is 2.48 bits per heavy atom. The van der Waals surface area contributed by atoms with Crippen LogP contribution in [-0.2, 0) is 0 Å². The normalized spacial score (nSPS) is 14.4. The van der Waals surface area contributed by atoms with Crippen molar-refractivity contribution >= 4 is 5.91 Å². The van der Waals surface area contributed by atoms with E-state index in [0.717, 1.165) is 25.4 Å². The molecule has 1 aliphatic heterocycles. The van der Waals surface area contributed by atoms with E-state index in [9.17, 15) is 4.79 Å². The molecule has 6 heteroatoms. The molecular formula is C21H23N3O3. The van der Waals surface area contributed by atoms with Crippen LogP contribution in [0.5, 0.6) is 11.5 Å². The molecule has 0 spiro atoms. The lowest BCUT2D eigenvalue weighted by Crippen LogP contribution is -2.49. The predicted molar refractivity (Wildman–Crippen MR) is 102 cm³/mol. The van der Waals surface area contributed by atoms with Crippen molar-refractivity contribution in [1.29, 1.82) is 5.26 Å². The molecule has 0 bridgehead atoms. The van der Waals surface area contributed by atoms with Crippen LogP contribution in [-0.4, -0.2) is 62.1 Å². The monoisotopic (exact) mass is 365 g/mol. The molecule has 0 aromatic heterocycles. The highest BCUT2D eigenvalue weighted by Gasteiger charge is 2.22. The van der Waals surface area contributed by atoms with E-state index in [4.69, 9.17) is 14.7 Å². The summed E-state index contributed by atoms with van der Waals surface area (Å²) in [7, 11) is 1.60. The number of carbonyl (C=O) groups is 1. The van der Waals surface area contributed by atoms with Crippen LogP contribution in [0.2, 0.25) is 0 Å². The summed E-state index contributed by atoms with van der Waals surface area (Å²) in [5.41, 5.74) is 1.28. The Morgan fingerprint density at radius 1 is 1.07 bits per heavy atom. The highest BCUT2D eigenvalue weighted by molar-refractivity contribution is 5.94. The molecule has 0 atom stereocenters. The van der Waals surface area contributed by atoms with Crippen molar-refractivity contribution in [3.8, 4) is 17.6 Å². The van der Waals surface area contributed by atoms with Crippen LogP contribution in [0.15, 0.2) is 48.5 Å². The number of hydrogen-bond donors (Lipinski definition) is 0. The quantitative estimate of drug-likeness (QED) is 0.786. The number of rotatable bonds is 6. The van der Waals surface area contributed by atoms with Crippen molar-refractivity contribution < 1.29 is 14.3 Å². The highest BCUT2D eigenvalue weighted by Crippen LogP contribution is 2.16. The van der Waals surface area contributed by atoms with Crippen molar-refractivity contribution in [3.05, 3.63) is 59.7 Å². The minimum Gasteiger partial charge on any atom is -0.497 e. The molecule has 1 fully saturated rings. The molecule has 2 aromatic rings. The van der Waals surface area contributed by atoms with Crippen molar-refractivity contribution in [3.63, 3.8) is 0 Å². The van der Waals surface area contributed by atoms with Gasteiger partial charge in [0.25, 0.3) is 5.91 Å². The molecule has 1 aliphatic rings. The minimum atomic E-state index is 0.0439. The van der Waals surface area contributed by atoms with Crippen LogP contribution in [0.3, 0.4) is 0 Å². The van der Waals surface area contributed by atoms with Gasteiger partial charge in [-0.3, -0.25) is 9.69 Å². The second-order valence-electron chi connectivity index (χ2n) is 6.35. The first-order valence-corrected chi connectivity index (χ1v) is 8.98. The number of hydrogen-bond acceptors (Lipinski definition) is 5. The molecule has 27 heavy (non-hydrogen) atoms. The van der Waals surface area contributed by atoms with Gasteiger partial charge in [0, 0.05) is 38.3 Å². The third kappa shape index (κ3) is 4.99. The van der Waals surface area contributed by atoms with Crippen molar-refractivity contribution in [2.45, 2.75) is 0 Å². The van der Waals surface area contributed by atoms with Crippen LogP contribution < -0.4 is 9.47 Å². The van der Waals surface area contributed by atoms with Crippen molar-refractivity contribution in [2.75, 3.05) is 46.4 Å². The maximum absolute atomic E-state index is 12.6. The third-order valence-corrected chi connectivity index (χ3v) is 4.64. The van der Waals surface area contributed by atoms with Crippen LogP contribution in [0.1, 0.15) is 15.9 Å². The summed E-state index contributed by atoms with van der Waals surface area (Å²) in [6.45, 7) is 4.44. The summed E-state index contributed by atoms with van der Waals surface area (Å²) in [4.78, 5) is 16.8. The molecule has 6 nitrogen and oxygen atoms in total. The van der Waals surface area contributed by atoms with E-state index in [1.54, 1.807) is 25.3 Å². The largest absolute Gasteiger partial charge is 0.497 e. The van der Waals surface area contributed by atoms with E-state index in [-0.39, 0.29) is 5.91 Å². The van der Waals surface area contributed by atoms with Gasteiger partial charge in [-0.25, -0.2) is 0 Å². The van der Waals surface area contributed by atoms with E-state index < -0.39 is 0 Å². The Hall–Kier alpha value is -3.04. The first-order chi connectivity index (χ1) is 13.2. The Bertz CT molecular complexity index is 806. The second-order valence-corrected chi connectivity index (χ2v) is 6.35. The highest BCUT2D eigenvalue weighted by atomic mass is 16.5. The van der Waals surface area contributed by atoms with Crippen LogP contribution in [0, 0.1) is 11.3 Å². The fourth-order valence-electron chi connectivity index (χ4n) is 3.03. The molecule has 2 aromatic carbocycles. The van der Waals surface area contributed by atoms with Gasteiger partial charge in [-0.15, -0.1) is 0 Å². The molecule has 1 saturated heterocycles. The number of amides is 1. The Labute approximate surface area is 159 Å². The van der Waals surface area contributed by atoms with Crippen LogP contribution in [0.25, 0.3) is 0 Å². The number of benzene rings is 2. The summed E-state index contributed by atoms with van der Waals surface area (Å²) in [5.74, 6) is 1.50. The van der Waals surface area contributed by atoms with Gasteiger partial charge in [-0.05, 0) is 42.5 Å². The molecule has 0 radical (unpaired) electrons. The lowest BCUT2D eigenvalue weighted by Gasteiger charge is -2.34. The average Bonchev–Trinajstić information content (AvgIpc) is 2.74. The summed E-state index contributed by atoms with van der Waals surface area (Å²) in [6.07, 6.45) is 0. The van der Waals surface area contributed by atoms with Gasteiger partial charge in [0.2, 0.25) is 0 Å². The van der Waals surface area contributed by atoms with Gasteiger partial charge >= 0.3 is 0 Å². The summed E-state index contributed by atoms with van der Waals surface area (Å²) < 4.78 is 10.9. The van der Waals surface area contributed by atoms with E-state index in [0.29, 0.717) is 36.6 Å². The summed E-state index contributed by atoms with van der Waals surface area (Å²) in [6, 6.07) is 16.5. The zero-order valence-electron chi connectivity index (χ0n) is 15.4. The first kappa shape index (κ1) is 18.7. The second kappa shape index (κ2) is 9.06. The molecule has 0 N–H and O–H groups in total. The van der Waals surface area contributed by atoms with Gasteiger partial charge in [0.15, 0.2) is 0 Å². The maximum atomic E-state index is 12.6. The zero-order valence-corrected chi connectivity index (χ0v) is 15.4. The van der Waals surface area contributed by atoms with Gasteiger partial charge in [-0.2, -0.15) is 5.26 Å². The smallest absolute Gasteiger partial charge is 0.254 e. The predicted octanol–water partition coefficient (Wildman–Crippen LogP) is 2.40. The van der Waals surface area contributed by atoms with Crippen LogP contribution >= 0.6 is 0 Å². The molecule has 1 heterocycles. The van der Waals surface area contributed by atoms with Gasteiger partial charge in [0.1, 0.15) is 18.1 Å². The zero-order chi connectivity index (χ0) is 19.1. The molecular weight excluding hydrogens is 342 g/mol. The van der Waals surface area contributed by atoms with Gasteiger partial charge in [0.05, 0.1) is 18.7 Å². The van der Waals surface area contributed by atoms with E-state index >= 15 is 0 Å². The standard InChI is InChI=1S/C21H23N3O3/c1-26-20-4-2-3-18(15-20)21(25)24-11-9-23(10-12-24)13-14-27-19-7-5-17(16-22)6-8-19/h2-8,15H,9-14H2,1H3. The SMILES string of the molecule is COc1cccc(C(=O)N2CCN(CCOc3ccc(C#N)cc3)CC2)c1. The van der Waals surface area contributed by atoms with E-state index in [1.165, 1.54) is 0 Å². The average molecular weight is 365 g/mol. The Morgan fingerprint density at radius 2 is 1.81 bits per heavy atom. The number of piperazine rings is 1. The molecule has 3 rings (SSSR count). The Balaban J connectivity index is 1.43. The number of ether oxygens (including phenoxy) is 2. The lowest BCUT2D eigenvalue weighted by molar-refractivity contribution is 0.0620. The molecule has 1 amide bonds. The van der Waals surface area contributed by atoms with E-state index in [1.807, 2.05) is 35.2 Å².